The lowest BCUT2D eigenvalue weighted by atomic mass is 10.1. The van der Waals surface area contributed by atoms with Gasteiger partial charge in [-0.3, -0.25) is 4.79 Å². The molecule has 0 spiro atoms. The Bertz CT molecular complexity index is 812. The summed E-state index contributed by atoms with van der Waals surface area (Å²) in [5.41, 5.74) is 0.499. The fraction of sp³-hybridized carbons (Fsp3) is 0.389. The summed E-state index contributed by atoms with van der Waals surface area (Å²) in [5, 5.41) is 0. The molecule has 0 radical (unpaired) electrons. The summed E-state index contributed by atoms with van der Waals surface area (Å²) in [7, 11) is -3.09. The Balaban J connectivity index is 1.83. The topological polar surface area (TPSA) is 76.8 Å². The van der Waals surface area contributed by atoms with E-state index in [-0.39, 0.29) is 30.0 Å². The van der Waals surface area contributed by atoms with Crippen LogP contribution in [0.25, 0.3) is 0 Å². The lowest BCUT2D eigenvalue weighted by molar-refractivity contribution is 0.0666. The molecule has 25 heavy (non-hydrogen) atoms. The zero-order chi connectivity index (χ0) is 17.9. The molecule has 0 N–H and O–H groups in total. The zero-order valence-electron chi connectivity index (χ0n) is 14.1. The van der Waals surface area contributed by atoms with Gasteiger partial charge in [0.25, 0.3) is 5.91 Å². The van der Waals surface area contributed by atoms with Gasteiger partial charge in [0.2, 0.25) is 0 Å². The number of furan rings is 1. The van der Waals surface area contributed by atoms with Crippen LogP contribution in [0.4, 0.5) is 0 Å². The summed E-state index contributed by atoms with van der Waals surface area (Å²) in [6, 6.07) is 10.1. The molecule has 0 saturated carbocycles. The molecule has 1 saturated heterocycles. The smallest absolute Gasteiger partial charge is 0.254 e. The fourth-order valence-electron chi connectivity index (χ4n) is 2.98. The molecule has 6 nitrogen and oxygen atoms in total. The van der Waals surface area contributed by atoms with Crippen molar-refractivity contribution in [1.82, 2.24) is 4.90 Å². The maximum absolute atomic E-state index is 13.0. The highest BCUT2D eigenvalue weighted by Crippen LogP contribution is 2.23. The molecule has 134 valence electrons. The van der Waals surface area contributed by atoms with Gasteiger partial charge in [-0.15, -0.1) is 0 Å². The van der Waals surface area contributed by atoms with Crippen molar-refractivity contribution in [3.63, 3.8) is 0 Å². The first-order chi connectivity index (χ1) is 12.0. The van der Waals surface area contributed by atoms with Gasteiger partial charge in [-0.05, 0) is 49.7 Å². The van der Waals surface area contributed by atoms with Gasteiger partial charge in [0.1, 0.15) is 11.5 Å². The number of amides is 1. The van der Waals surface area contributed by atoms with Gasteiger partial charge in [-0.1, -0.05) is 0 Å². The van der Waals surface area contributed by atoms with E-state index < -0.39 is 9.84 Å². The van der Waals surface area contributed by atoms with E-state index in [0.717, 1.165) is 0 Å². The standard InChI is InChI=1S/C18H21NO5S/c1-2-23-16-7-5-14(6-8-16)18(20)19(12-17-4-3-10-24-17)15-9-11-25(21,22)13-15/h3-8,10,15H,2,9,11-13H2,1H3/t15-/m0/s1. The molecule has 1 atom stereocenters. The van der Waals surface area contributed by atoms with E-state index in [9.17, 15) is 13.2 Å². The molecule has 1 fully saturated rings. The van der Waals surface area contributed by atoms with Crippen LogP contribution in [0.2, 0.25) is 0 Å². The van der Waals surface area contributed by atoms with Crippen molar-refractivity contribution in [3.8, 4) is 5.75 Å². The van der Waals surface area contributed by atoms with Gasteiger partial charge in [-0.2, -0.15) is 0 Å². The molecule has 1 aliphatic rings. The van der Waals surface area contributed by atoms with Crippen LogP contribution in [-0.2, 0) is 16.4 Å². The Morgan fingerprint density at radius 3 is 2.60 bits per heavy atom. The Kier molecular flexibility index (Phi) is 5.13. The number of benzene rings is 1. The van der Waals surface area contributed by atoms with E-state index in [1.807, 2.05) is 6.92 Å². The SMILES string of the molecule is CCOc1ccc(C(=O)N(Cc2ccco2)[C@H]2CCS(=O)(=O)C2)cc1. The first-order valence-electron chi connectivity index (χ1n) is 8.25. The highest BCUT2D eigenvalue weighted by Gasteiger charge is 2.35. The van der Waals surface area contributed by atoms with Crippen molar-refractivity contribution in [3.05, 3.63) is 54.0 Å². The van der Waals surface area contributed by atoms with Crippen molar-refractivity contribution in [2.75, 3.05) is 18.1 Å². The van der Waals surface area contributed by atoms with Gasteiger partial charge in [0.15, 0.2) is 9.84 Å². The van der Waals surface area contributed by atoms with Gasteiger partial charge in [0.05, 0.1) is 30.9 Å². The third kappa shape index (κ3) is 4.22. The Morgan fingerprint density at radius 1 is 1.28 bits per heavy atom. The maximum Gasteiger partial charge on any atom is 0.254 e. The molecule has 1 aromatic carbocycles. The lowest BCUT2D eigenvalue weighted by Crippen LogP contribution is -2.40. The second-order valence-electron chi connectivity index (χ2n) is 6.03. The fourth-order valence-corrected chi connectivity index (χ4v) is 4.72. The maximum atomic E-state index is 13.0. The van der Waals surface area contributed by atoms with Crippen LogP contribution in [-0.4, -0.2) is 43.4 Å². The monoisotopic (exact) mass is 363 g/mol. The van der Waals surface area contributed by atoms with Crippen molar-refractivity contribution in [1.29, 1.82) is 0 Å². The first kappa shape index (κ1) is 17.5. The minimum Gasteiger partial charge on any atom is -0.494 e. The molecule has 1 aromatic heterocycles. The summed E-state index contributed by atoms with van der Waals surface area (Å²) >= 11 is 0. The molecule has 3 rings (SSSR count). The lowest BCUT2D eigenvalue weighted by Gasteiger charge is -2.27. The molecule has 0 bridgehead atoms. The van der Waals surface area contributed by atoms with E-state index >= 15 is 0 Å². The summed E-state index contributed by atoms with van der Waals surface area (Å²) in [5.74, 6) is 1.23. The van der Waals surface area contributed by atoms with Crippen molar-refractivity contribution in [2.45, 2.75) is 25.9 Å². The number of carbonyl (C=O) groups excluding carboxylic acids is 1. The molecule has 1 aliphatic heterocycles. The van der Waals surface area contributed by atoms with Crippen LogP contribution < -0.4 is 4.74 Å². The van der Waals surface area contributed by atoms with Crippen LogP contribution in [0.15, 0.2) is 47.1 Å². The van der Waals surface area contributed by atoms with Crippen molar-refractivity contribution < 1.29 is 22.4 Å². The zero-order valence-corrected chi connectivity index (χ0v) is 14.9. The van der Waals surface area contributed by atoms with Crippen LogP contribution in [0.5, 0.6) is 5.75 Å². The van der Waals surface area contributed by atoms with Gasteiger partial charge >= 0.3 is 0 Å². The van der Waals surface area contributed by atoms with E-state index in [1.165, 1.54) is 0 Å². The Hall–Kier alpha value is -2.28. The third-order valence-electron chi connectivity index (χ3n) is 4.23. The highest BCUT2D eigenvalue weighted by atomic mass is 32.2. The predicted molar refractivity (Wildman–Crippen MR) is 93.3 cm³/mol. The summed E-state index contributed by atoms with van der Waals surface area (Å²) in [6.07, 6.45) is 1.99. The molecule has 1 amide bonds. The Morgan fingerprint density at radius 2 is 2.04 bits per heavy atom. The molecular weight excluding hydrogens is 342 g/mol. The summed E-state index contributed by atoms with van der Waals surface area (Å²) in [4.78, 5) is 14.6. The number of nitrogens with zero attached hydrogens (tertiary/aromatic N) is 1. The van der Waals surface area contributed by atoms with E-state index in [2.05, 4.69) is 0 Å². The quantitative estimate of drug-likeness (QED) is 0.788. The number of hydrogen-bond donors (Lipinski definition) is 0. The number of carbonyl (C=O) groups is 1. The van der Waals surface area contributed by atoms with Gasteiger partial charge in [0, 0.05) is 11.6 Å². The summed E-state index contributed by atoms with van der Waals surface area (Å²) in [6.45, 7) is 2.70. The molecule has 0 aliphatic carbocycles. The average molecular weight is 363 g/mol. The normalized spacial score (nSPS) is 18.8. The van der Waals surface area contributed by atoms with Crippen molar-refractivity contribution >= 4 is 15.7 Å². The van der Waals surface area contributed by atoms with Crippen LogP contribution >= 0.6 is 0 Å². The first-order valence-corrected chi connectivity index (χ1v) is 10.1. The second-order valence-corrected chi connectivity index (χ2v) is 8.26. The van der Waals surface area contributed by atoms with E-state index in [0.29, 0.717) is 30.1 Å². The van der Waals surface area contributed by atoms with E-state index in [1.54, 1.807) is 47.6 Å². The molecule has 2 aromatic rings. The van der Waals surface area contributed by atoms with E-state index in [4.69, 9.17) is 9.15 Å². The molecule has 2 heterocycles. The molecule has 0 unspecified atom stereocenters. The number of sulfone groups is 1. The number of ether oxygens (including phenoxy) is 1. The minimum absolute atomic E-state index is 0.00349. The molecular formula is C18H21NO5S. The largest absolute Gasteiger partial charge is 0.494 e. The highest BCUT2D eigenvalue weighted by molar-refractivity contribution is 7.91. The van der Waals surface area contributed by atoms with Gasteiger partial charge in [-0.25, -0.2) is 8.42 Å². The van der Waals surface area contributed by atoms with Crippen LogP contribution in [0.3, 0.4) is 0 Å². The molecule has 7 heteroatoms. The Labute approximate surface area is 147 Å². The predicted octanol–water partition coefficient (Wildman–Crippen LogP) is 2.51. The van der Waals surface area contributed by atoms with Gasteiger partial charge < -0.3 is 14.1 Å². The number of rotatable bonds is 6. The van der Waals surface area contributed by atoms with Crippen LogP contribution in [0, 0.1) is 0 Å². The average Bonchev–Trinajstić information content (AvgIpc) is 3.22. The number of hydrogen-bond acceptors (Lipinski definition) is 5. The van der Waals surface area contributed by atoms with Crippen molar-refractivity contribution in [2.24, 2.45) is 0 Å². The second kappa shape index (κ2) is 7.31. The third-order valence-corrected chi connectivity index (χ3v) is 5.98. The summed E-state index contributed by atoms with van der Waals surface area (Å²) < 4.78 is 34.4. The van der Waals surface area contributed by atoms with Crippen LogP contribution in [0.1, 0.15) is 29.5 Å². The minimum atomic E-state index is -3.09.